The van der Waals surface area contributed by atoms with E-state index in [1.165, 1.54) is 10.4 Å². The minimum Gasteiger partial charge on any atom is -0.367 e. The topological polar surface area (TPSA) is 26.3 Å². The van der Waals surface area contributed by atoms with Crippen molar-refractivity contribution in [1.29, 1.82) is 0 Å². The Labute approximate surface area is 187 Å². The Morgan fingerprint density at radius 2 is 1.29 bits per heavy atom. The Morgan fingerprint density at radius 1 is 0.806 bits per heavy atom. The summed E-state index contributed by atoms with van der Waals surface area (Å²) >= 11 is 0. The third-order valence-corrected chi connectivity index (χ3v) is 13.1. The second-order valence-corrected chi connectivity index (χ2v) is 14.5. The molecule has 3 aromatic rings. The minimum atomic E-state index is -2.19. The van der Waals surface area contributed by atoms with Gasteiger partial charge >= 0.3 is 0 Å². The first-order valence-corrected chi connectivity index (χ1v) is 13.5. The highest BCUT2D eigenvalue weighted by atomic mass is 28.3. The Kier molecular flexibility index (Phi) is 6.26. The maximum atomic E-state index is 13.0. The van der Waals surface area contributed by atoms with Crippen LogP contribution < -0.4 is 10.4 Å². The van der Waals surface area contributed by atoms with E-state index in [4.69, 9.17) is 4.74 Å². The summed E-state index contributed by atoms with van der Waals surface area (Å²) in [5.41, 5.74) is 0.749. The zero-order valence-corrected chi connectivity index (χ0v) is 19.8. The Hall–Kier alpha value is -2.49. The molecule has 0 N–H and O–H groups in total. The summed E-state index contributed by atoms with van der Waals surface area (Å²) in [6.45, 7) is 7.13. The lowest BCUT2D eigenvalue weighted by atomic mass is 10.0. The molecule has 0 saturated carbocycles. The quantitative estimate of drug-likeness (QED) is 0.384. The molecule has 1 heterocycles. The van der Waals surface area contributed by atoms with E-state index < -0.39 is 8.07 Å². The van der Waals surface area contributed by atoms with Gasteiger partial charge in [0.15, 0.2) is 5.78 Å². The van der Waals surface area contributed by atoms with Gasteiger partial charge in [0.25, 0.3) is 0 Å². The van der Waals surface area contributed by atoms with Gasteiger partial charge in [0.05, 0.1) is 6.10 Å². The summed E-state index contributed by atoms with van der Waals surface area (Å²) < 4.78 is 6.46. The van der Waals surface area contributed by atoms with Gasteiger partial charge < -0.3 is 4.74 Å². The van der Waals surface area contributed by atoms with Gasteiger partial charge in [0, 0.05) is 5.56 Å². The van der Waals surface area contributed by atoms with Crippen LogP contribution in [-0.4, -0.2) is 26.1 Å². The predicted octanol–water partition coefficient (Wildman–Crippen LogP) is 5.48. The van der Waals surface area contributed by atoms with Gasteiger partial charge in [-0.15, -0.1) is 0 Å². The number of carbonyl (C=O) groups excluding carboxylic acids is 1. The summed E-state index contributed by atoms with van der Waals surface area (Å²) in [7, 11) is -2.19. The first-order valence-electron chi connectivity index (χ1n) is 11.3. The monoisotopic (exact) mass is 428 g/mol. The third kappa shape index (κ3) is 4.30. The first kappa shape index (κ1) is 21.7. The van der Waals surface area contributed by atoms with Crippen LogP contribution in [0.3, 0.4) is 0 Å². The third-order valence-electron chi connectivity index (χ3n) is 6.81. The molecule has 2 nitrogen and oxygen atoms in total. The highest BCUT2D eigenvalue weighted by Crippen LogP contribution is 2.41. The SMILES string of the molecule is CC(C)(C)[Si](C[C@H]1CC[C@H](C(=O)c2ccccc2)O1)(c1ccccc1)c1ccccc1. The molecule has 0 unspecified atom stereocenters. The molecule has 1 aliphatic heterocycles. The van der Waals surface area contributed by atoms with Crippen LogP contribution in [0.4, 0.5) is 0 Å². The fourth-order valence-electron chi connectivity index (χ4n) is 5.20. The fraction of sp³-hybridized carbons (Fsp3) is 0.321. The molecular weight excluding hydrogens is 396 g/mol. The molecule has 1 saturated heterocycles. The minimum absolute atomic E-state index is 0.0978. The lowest BCUT2D eigenvalue weighted by Crippen LogP contribution is -2.65. The van der Waals surface area contributed by atoms with E-state index in [2.05, 4.69) is 81.4 Å². The normalized spacial score (nSPS) is 19.3. The number of benzene rings is 3. The lowest BCUT2D eigenvalue weighted by molar-refractivity contribution is 0.0429. The number of ether oxygens (including phenoxy) is 1. The fourth-order valence-corrected chi connectivity index (χ4v) is 10.9. The van der Waals surface area contributed by atoms with Gasteiger partial charge in [0.2, 0.25) is 0 Å². The summed E-state index contributed by atoms with van der Waals surface area (Å²) in [4.78, 5) is 13.0. The molecule has 0 aliphatic carbocycles. The number of ketones is 1. The van der Waals surface area contributed by atoms with Gasteiger partial charge in [-0.25, -0.2) is 0 Å². The standard InChI is InChI=1S/C28H32O2Si/c1-28(2,3)31(24-15-9-5-10-16-24,25-17-11-6-12-18-25)21-23-19-20-26(30-23)27(29)22-13-7-4-8-14-22/h4-18,23,26H,19-21H2,1-3H3/t23-,26-/m1/s1. The van der Waals surface area contributed by atoms with E-state index in [0.717, 1.165) is 24.4 Å². The van der Waals surface area contributed by atoms with Gasteiger partial charge in [-0.05, 0) is 23.9 Å². The second kappa shape index (κ2) is 8.94. The number of Topliss-reactive ketones (excluding diaryl/α,β-unsaturated/α-hetero) is 1. The van der Waals surface area contributed by atoms with Crippen molar-refractivity contribution in [1.82, 2.24) is 0 Å². The van der Waals surface area contributed by atoms with E-state index in [1.807, 2.05) is 30.3 Å². The van der Waals surface area contributed by atoms with Gasteiger partial charge in [-0.2, -0.15) is 0 Å². The summed E-state index contributed by atoms with van der Waals surface area (Å²) in [5, 5.41) is 2.98. The van der Waals surface area contributed by atoms with Crippen molar-refractivity contribution in [3.63, 3.8) is 0 Å². The van der Waals surface area contributed by atoms with Crippen LogP contribution in [-0.2, 0) is 4.74 Å². The van der Waals surface area contributed by atoms with Crippen LogP contribution >= 0.6 is 0 Å². The molecule has 4 rings (SSSR count). The highest BCUT2D eigenvalue weighted by molar-refractivity contribution is 7.04. The van der Waals surface area contributed by atoms with Crippen LogP contribution in [0.2, 0.25) is 11.1 Å². The van der Waals surface area contributed by atoms with Gasteiger partial charge in [-0.1, -0.05) is 122 Å². The number of hydrogen-bond acceptors (Lipinski definition) is 2. The molecule has 0 radical (unpaired) electrons. The molecule has 1 fully saturated rings. The molecular formula is C28H32O2Si. The van der Waals surface area contributed by atoms with Gasteiger partial charge in [-0.3, -0.25) is 4.79 Å². The Balaban J connectivity index is 1.67. The molecule has 31 heavy (non-hydrogen) atoms. The number of hydrogen-bond donors (Lipinski definition) is 0. The van der Waals surface area contributed by atoms with E-state index in [-0.39, 0.29) is 23.0 Å². The Bertz CT molecular complexity index is 954. The maximum Gasteiger partial charge on any atom is 0.191 e. The van der Waals surface area contributed by atoms with Crippen molar-refractivity contribution >= 4 is 24.2 Å². The second-order valence-electron chi connectivity index (χ2n) is 9.65. The van der Waals surface area contributed by atoms with Crippen LogP contribution in [0.5, 0.6) is 0 Å². The number of rotatable bonds is 6. The first-order chi connectivity index (χ1) is 14.9. The summed E-state index contributed by atoms with van der Waals surface area (Å²) in [5.74, 6) is 0.116. The summed E-state index contributed by atoms with van der Waals surface area (Å²) in [6, 6.07) is 32.6. The lowest BCUT2D eigenvalue weighted by Gasteiger charge is -2.45. The molecule has 0 spiro atoms. The van der Waals surface area contributed by atoms with Crippen LogP contribution in [0, 0.1) is 0 Å². The van der Waals surface area contributed by atoms with Crippen molar-refractivity contribution in [2.45, 2.75) is 56.9 Å². The van der Waals surface area contributed by atoms with Crippen LogP contribution in [0.15, 0.2) is 91.0 Å². The average molecular weight is 429 g/mol. The van der Waals surface area contributed by atoms with E-state index in [0.29, 0.717) is 0 Å². The molecule has 0 aromatic heterocycles. The van der Waals surface area contributed by atoms with Crippen molar-refractivity contribution in [2.24, 2.45) is 0 Å². The molecule has 0 bridgehead atoms. The van der Waals surface area contributed by atoms with E-state index in [1.54, 1.807) is 0 Å². The molecule has 160 valence electrons. The van der Waals surface area contributed by atoms with Crippen molar-refractivity contribution in [3.8, 4) is 0 Å². The van der Waals surface area contributed by atoms with Gasteiger partial charge in [0.1, 0.15) is 14.2 Å². The number of carbonyl (C=O) groups is 1. The van der Waals surface area contributed by atoms with Crippen molar-refractivity contribution in [2.75, 3.05) is 0 Å². The van der Waals surface area contributed by atoms with Crippen molar-refractivity contribution in [3.05, 3.63) is 96.6 Å². The largest absolute Gasteiger partial charge is 0.367 e. The molecule has 2 atom stereocenters. The zero-order valence-electron chi connectivity index (χ0n) is 18.8. The highest BCUT2D eigenvalue weighted by Gasteiger charge is 2.50. The Morgan fingerprint density at radius 3 is 1.77 bits per heavy atom. The molecule has 1 aliphatic rings. The maximum absolute atomic E-state index is 13.0. The summed E-state index contributed by atoms with van der Waals surface area (Å²) in [6.07, 6.45) is 1.51. The zero-order chi connectivity index (χ0) is 21.9. The predicted molar refractivity (Wildman–Crippen MR) is 131 cm³/mol. The smallest absolute Gasteiger partial charge is 0.191 e. The molecule has 3 heteroatoms. The van der Waals surface area contributed by atoms with Crippen molar-refractivity contribution < 1.29 is 9.53 Å². The van der Waals surface area contributed by atoms with E-state index >= 15 is 0 Å². The van der Waals surface area contributed by atoms with Crippen LogP contribution in [0.1, 0.15) is 44.0 Å². The molecule has 3 aromatic carbocycles. The van der Waals surface area contributed by atoms with Crippen LogP contribution in [0.25, 0.3) is 0 Å². The van der Waals surface area contributed by atoms with E-state index in [9.17, 15) is 4.79 Å². The molecule has 0 amide bonds. The average Bonchev–Trinajstić information content (AvgIpc) is 3.26.